The number of nitrogens with one attached hydrogen (secondary N) is 1. The molecule has 0 unspecified atom stereocenters. The van der Waals surface area contributed by atoms with Gasteiger partial charge in [-0.15, -0.1) is 0 Å². The van der Waals surface area contributed by atoms with E-state index in [0.29, 0.717) is 17.7 Å². The van der Waals surface area contributed by atoms with Crippen molar-refractivity contribution in [2.45, 2.75) is 32.2 Å². The van der Waals surface area contributed by atoms with Crippen LogP contribution in [0.5, 0.6) is 5.75 Å². The second-order valence-corrected chi connectivity index (χ2v) is 8.40. The standard InChI is InChI=1S/C25H22BrNO2/c1-2-17-19(10-6-12-21(17)26)22-23(28)24(29-25(22)27-16-13-14-16)20-11-5-8-15-7-3-4-9-18(15)20/h3-12,16,27-28H,2,13-14H2,1H3. The maximum atomic E-state index is 11.4. The molecule has 1 aliphatic rings. The van der Waals surface area contributed by atoms with Crippen LogP contribution < -0.4 is 5.32 Å². The normalized spacial score (nSPS) is 13.7. The highest BCUT2D eigenvalue weighted by Crippen LogP contribution is 2.50. The molecule has 3 nitrogen and oxygen atoms in total. The third-order valence-electron chi connectivity index (χ3n) is 5.57. The van der Waals surface area contributed by atoms with Crippen molar-refractivity contribution in [3.63, 3.8) is 0 Å². The van der Waals surface area contributed by atoms with Crippen LogP contribution in [-0.2, 0) is 6.42 Å². The number of halogens is 1. The molecule has 3 aromatic carbocycles. The summed E-state index contributed by atoms with van der Waals surface area (Å²) in [4.78, 5) is 0. The van der Waals surface area contributed by atoms with Crippen LogP contribution in [0, 0.1) is 0 Å². The lowest BCUT2D eigenvalue weighted by molar-refractivity contribution is 0.466. The van der Waals surface area contributed by atoms with E-state index in [9.17, 15) is 5.11 Å². The van der Waals surface area contributed by atoms with Gasteiger partial charge in [0.1, 0.15) is 0 Å². The third kappa shape index (κ3) is 3.22. The minimum atomic E-state index is 0.192. The Morgan fingerprint density at radius 2 is 1.72 bits per heavy atom. The number of rotatable bonds is 5. The Morgan fingerprint density at radius 1 is 1.00 bits per heavy atom. The topological polar surface area (TPSA) is 45.4 Å². The highest BCUT2D eigenvalue weighted by Gasteiger charge is 2.29. The second kappa shape index (κ2) is 7.27. The summed E-state index contributed by atoms with van der Waals surface area (Å²) in [6.07, 6.45) is 3.11. The Kier molecular flexibility index (Phi) is 4.59. The number of benzene rings is 3. The Labute approximate surface area is 178 Å². The van der Waals surface area contributed by atoms with Gasteiger partial charge in [0.15, 0.2) is 11.5 Å². The lowest BCUT2D eigenvalue weighted by Gasteiger charge is -2.11. The second-order valence-electron chi connectivity index (χ2n) is 7.55. The quantitative estimate of drug-likeness (QED) is 0.335. The van der Waals surface area contributed by atoms with E-state index in [1.54, 1.807) is 0 Å². The molecule has 0 radical (unpaired) electrons. The van der Waals surface area contributed by atoms with Crippen molar-refractivity contribution >= 4 is 32.6 Å². The predicted octanol–water partition coefficient (Wildman–Crippen LogP) is 7.37. The fourth-order valence-electron chi connectivity index (χ4n) is 3.95. The molecule has 0 saturated heterocycles. The third-order valence-corrected chi connectivity index (χ3v) is 6.31. The van der Waals surface area contributed by atoms with Crippen molar-refractivity contribution in [2.24, 2.45) is 0 Å². The molecule has 146 valence electrons. The number of anilines is 1. The Balaban J connectivity index is 1.76. The minimum absolute atomic E-state index is 0.192. The van der Waals surface area contributed by atoms with E-state index >= 15 is 0 Å². The van der Waals surface area contributed by atoms with Gasteiger partial charge in [-0.25, -0.2) is 0 Å². The summed E-state index contributed by atoms with van der Waals surface area (Å²) in [5, 5.41) is 17.0. The van der Waals surface area contributed by atoms with Crippen LogP contribution in [0.3, 0.4) is 0 Å². The van der Waals surface area contributed by atoms with E-state index in [1.807, 2.05) is 36.4 Å². The van der Waals surface area contributed by atoms with Gasteiger partial charge < -0.3 is 14.8 Å². The van der Waals surface area contributed by atoms with Crippen LogP contribution >= 0.6 is 15.9 Å². The van der Waals surface area contributed by atoms with Gasteiger partial charge in [-0.2, -0.15) is 0 Å². The number of hydrogen-bond acceptors (Lipinski definition) is 3. The fraction of sp³-hybridized carbons (Fsp3) is 0.200. The van der Waals surface area contributed by atoms with Crippen molar-refractivity contribution in [3.8, 4) is 28.2 Å². The van der Waals surface area contributed by atoms with Crippen LogP contribution in [0.2, 0.25) is 0 Å². The Bertz CT molecular complexity index is 1200. The SMILES string of the molecule is CCc1c(Br)cccc1-c1c(NC2CC2)oc(-c2cccc3ccccc23)c1O. The van der Waals surface area contributed by atoms with Gasteiger partial charge >= 0.3 is 0 Å². The van der Waals surface area contributed by atoms with E-state index in [0.717, 1.165) is 56.8 Å². The maximum absolute atomic E-state index is 11.4. The van der Waals surface area contributed by atoms with Crippen molar-refractivity contribution in [2.75, 3.05) is 5.32 Å². The molecule has 0 bridgehead atoms. The highest BCUT2D eigenvalue weighted by molar-refractivity contribution is 9.10. The van der Waals surface area contributed by atoms with E-state index in [-0.39, 0.29) is 5.75 Å². The summed E-state index contributed by atoms with van der Waals surface area (Å²) in [6, 6.07) is 20.8. The zero-order chi connectivity index (χ0) is 20.0. The molecular weight excluding hydrogens is 426 g/mol. The average Bonchev–Trinajstić information content (AvgIpc) is 3.50. The van der Waals surface area contributed by atoms with Crippen LogP contribution in [0.25, 0.3) is 33.2 Å². The molecule has 29 heavy (non-hydrogen) atoms. The Hall–Kier alpha value is -2.72. The van der Waals surface area contributed by atoms with Gasteiger partial charge in [-0.1, -0.05) is 77.5 Å². The minimum Gasteiger partial charge on any atom is -0.504 e. The highest BCUT2D eigenvalue weighted by atomic mass is 79.9. The predicted molar refractivity (Wildman–Crippen MR) is 122 cm³/mol. The number of hydrogen-bond donors (Lipinski definition) is 2. The lowest BCUT2D eigenvalue weighted by atomic mass is 9.97. The smallest absolute Gasteiger partial charge is 0.205 e. The lowest BCUT2D eigenvalue weighted by Crippen LogP contribution is -2.01. The first-order chi connectivity index (χ1) is 14.2. The summed E-state index contributed by atoms with van der Waals surface area (Å²) in [6.45, 7) is 2.13. The van der Waals surface area contributed by atoms with Gasteiger partial charge in [-0.05, 0) is 47.2 Å². The van der Waals surface area contributed by atoms with Crippen molar-refractivity contribution < 1.29 is 9.52 Å². The molecule has 5 rings (SSSR count). The molecule has 1 heterocycles. The van der Waals surface area contributed by atoms with Gasteiger partial charge in [-0.3, -0.25) is 0 Å². The van der Waals surface area contributed by atoms with Crippen LogP contribution in [-0.4, -0.2) is 11.1 Å². The maximum Gasteiger partial charge on any atom is 0.205 e. The molecule has 1 saturated carbocycles. The molecule has 0 atom stereocenters. The number of furan rings is 1. The zero-order valence-electron chi connectivity index (χ0n) is 16.2. The van der Waals surface area contributed by atoms with Crippen molar-refractivity contribution in [3.05, 3.63) is 70.7 Å². The summed E-state index contributed by atoms with van der Waals surface area (Å²) in [5.41, 5.74) is 3.81. The summed E-state index contributed by atoms with van der Waals surface area (Å²) < 4.78 is 7.35. The van der Waals surface area contributed by atoms with E-state index in [1.165, 1.54) is 0 Å². The molecule has 1 aliphatic carbocycles. The van der Waals surface area contributed by atoms with E-state index in [4.69, 9.17) is 4.42 Å². The summed E-state index contributed by atoms with van der Waals surface area (Å²) >= 11 is 3.67. The fourth-order valence-corrected chi connectivity index (χ4v) is 4.59. The Morgan fingerprint density at radius 3 is 2.52 bits per heavy atom. The van der Waals surface area contributed by atoms with Crippen LogP contribution in [0.1, 0.15) is 25.3 Å². The van der Waals surface area contributed by atoms with Crippen molar-refractivity contribution in [1.82, 2.24) is 0 Å². The monoisotopic (exact) mass is 447 g/mol. The first-order valence-corrected chi connectivity index (χ1v) is 10.8. The van der Waals surface area contributed by atoms with Crippen molar-refractivity contribution in [1.29, 1.82) is 0 Å². The molecule has 4 heteroatoms. The van der Waals surface area contributed by atoms with E-state index in [2.05, 4.69) is 52.4 Å². The summed E-state index contributed by atoms with van der Waals surface area (Å²) in [5.74, 6) is 1.36. The van der Waals surface area contributed by atoms with Gasteiger partial charge in [0.05, 0.1) is 5.56 Å². The molecule has 1 fully saturated rings. The summed E-state index contributed by atoms with van der Waals surface area (Å²) in [7, 11) is 0. The molecule has 0 amide bonds. The van der Waals surface area contributed by atoms with Gasteiger partial charge in [0.25, 0.3) is 0 Å². The molecule has 1 aromatic heterocycles. The van der Waals surface area contributed by atoms with Gasteiger partial charge in [0, 0.05) is 16.1 Å². The molecule has 0 aliphatic heterocycles. The number of fused-ring (bicyclic) bond motifs is 1. The first-order valence-electron chi connectivity index (χ1n) is 10.1. The van der Waals surface area contributed by atoms with Gasteiger partial charge in [0.2, 0.25) is 5.88 Å². The molecular formula is C25H22BrNO2. The average molecular weight is 448 g/mol. The largest absolute Gasteiger partial charge is 0.504 e. The zero-order valence-corrected chi connectivity index (χ0v) is 17.8. The van der Waals surface area contributed by atoms with Crippen LogP contribution in [0.4, 0.5) is 5.88 Å². The first kappa shape index (κ1) is 18.3. The van der Waals surface area contributed by atoms with Crippen LogP contribution in [0.15, 0.2) is 69.6 Å². The molecule has 2 N–H and O–H groups in total. The van der Waals surface area contributed by atoms with E-state index < -0.39 is 0 Å². The number of aromatic hydroxyl groups is 1. The molecule has 4 aromatic rings. The molecule has 0 spiro atoms.